The van der Waals surface area contributed by atoms with Crippen LogP contribution in [0.1, 0.15) is 16.7 Å². The van der Waals surface area contributed by atoms with Crippen molar-refractivity contribution in [1.82, 2.24) is 9.13 Å². The van der Waals surface area contributed by atoms with Crippen LogP contribution in [0.15, 0.2) is 97.3 Å². The van der Waals surface area contributed by atoms with Gasteiger partial charge in [-0.05, 0) is 17.7 Å². The number of hydrogen-bond acceptors (Lipinski definition) is 1. The maximum atomic E-state index is 5.63. The molecule has 5 heteroatoms. The molecule has 3 aromatic carbocycles. The van der Waals surface area contributed by atoms with Crippen molar-refractivity contribution in [3.05, 3.63) is 123 Å². The maximum absolute atomic E-state index is 5.63. The Bertz CT molecular complexity index is 993. The van der Waals surface area contributed by atoms with Gasteiger partial charge >= 0.3 is 130 Å². The van der Waals surface area contributed by atoms with Crippen molar-refractivity contribution >= 4 is 11.6 Å². The van der Waals surface area contributed by atoms with Crippen molar-refractivity contribution in [1.29, 1.82) is 0 Å². The van der Waals surface area contributed by atoms with Crippen LogP contribution in [-0.2, 0) is 39.0 Å². The summed E-state index contributed by atoms with van der Waals surface area (Å²) in [5.74, 6) is 0. The molecule has 1 aromatic heterocycles. The Balaban J connectivity index is 0.000000224. The van der Waals surface area contributed by atoms with E-state index in [9.17, 15) is 0 Å². The second-order valence-corrected chi connectivity index (χ2v) is 8.05. The summed E-state index contributed by atoms with van der Waals surface area (Å²) < 4.78 is 5.80. The molecule has 3 nitrogen and oxygen atoms in total. The molecule has 0 atom stereocenters. The molecule has 0 radical (unpaired) electrons. The molecule has 4 rings (SSSR count). The van der Waals surface area contributed by atoms with Gasteiger partial charge in [0.05, 0.1) is 0 Å². The Kier molecular flexibility index (Phi) is 8.24. The van der Waals surface area contributed by atoms with Gasteiger partial charge in [0.15, 0.2) is 0 Å². The Hall–Kier alpha value is -2.19. The van der Waals surface area contributed by atoms with Gasteiger partial charge in [0.1, 0.15) is 0 Å². The zero-order valence-corrected chi connectivity index (χ0v) is 19.1. The van der Waals surface area contributed by atoms with Crippen molar-refractivity contribution in [2.45, 2.75) is 19.6 Å². The van der Waals surface area contributed by atoms with Gasteiger partial charge in [0, 0.05) is 11.6 Å². The number of nitrogens with two attached hydrogens (primary N) is 1. The molecule has 152 valence electrons. The molecule has 0 aliphatic carbocycles. The number of nitrogens with zero attached hydrogens (tertiary/aromatic N) is 2. The van der Waals surface area contributed by atoms with Crippen LogP contribution in [0.25, 0.3) is 0 Å². The van der Waals surface area contributed by atoms with E-state index in [0.29, 0.717) is 6.54 Å². The SMILES string of the molecule is NCc1ccc(Cl)cc1.[Pt]=[c]1n(Cc2ccccc2)ccn1Cc1ccccc1. The van der Waals surface area contributed by atoms with E-state index in [-0.39, 0.29) is 0 Å². The quantitative estimate of drug-likeness (QED) is 0.341. The molecule has 1 heterocycles. The van der Waals surface area contributed by atoms with E-state index in [0.717, 1.165) is 23.7 Å². The van der Waals surface area contributed by atoms with Crippen LogP contribution in [0, 0.1) is 3.80 Å². The molecule has 2 N–H and O–H groups in total. The number of benzene rings is 3. The molecule has 0 saturated heterocycles. The van der Waals surface area contributed by atoms with Crippen LogP contribution in [0.3, 0.4) is 0 Å². The molecular formula is C24H24ClN3Pt. The number of aromatic nitrogens is 2. The molecular weight excluding hydrogens is 561 g/mol. The fraction of sp³-hybridized carbons (Fsp3) is 0.125. The third-order valence-electron chi connectivity index (χ3n) is 4.41. The van der Waals surface area contributed by atoms with Gasteiger partial charge in [-0.1, -0.05) is 23.7 Å². The van der Waals surface area contributed by atoms with Crippen molar-refractivity contribution in [2.24, 2.45) is 5.73 Å². The second kappa shape index (κ2) is 11.1. The van der Waals surface area contributed by atoms with Crippen molar-refractivity contribution < 1.29 is 19.4 Å². The summed E-state index contributed by atoms with van der Waals surface area (Å²) >= 11 is 8.03. The molecule has 29 heavy (non-hydrogen) atoms. The molecule has 0 amide bonds. The number of imidazole rings is 1. The monoisotopic (exact) mass is 584 g/mol. The first-order valence-electron chi connectivity index (χ1n) is 9.39. The standard InChI is InChI=1S/C17H16N2.C7H8ClN.Pt/c1-3-7-16(8-4-1)13-18-11-12-19(15-18)14-17-9-5-2-6-10-17;8-7-3-1-6(5-9)2-4-7;/h1-12H,13-14H2;1-4H,5,9H2;. The first kappa shape index (κ1) is 21.5. The van der Waals surface area contributed by atoms with Crippen LogP contribution in [0.5, 0.6) is 0 Å². The topological polar surface area (TPSA) is 35.9 Å². The van der Waals surface area contributed by atoms with E-state index in [1.165, 1.54) is 14.9 Å². The molecule has 0 aliphatic rings. The van der Waals surface area contributed by atoms with Crippen LogP contribution in [-0.4, -0.2) is 9.13 Å². The van der Waals surface area contributed by atoms with E-state index in [2.05, 4.69) is 102 Å². The first-order valence-corrected chi connectivity index (χ1v) is 10.9. The van der Waals surface area contributed by atoms with E-state index in [4.69, 9.17) is 17.3 Å². The van der Waals surface area contributed by atoms with Gasteiger partial charge in [0.25, 0.3) is 0 Å². The molecule has 4 aromatic rings. The van der Waals surface area contributed by atoms with Crippen LogP contribution >= 0.6 is 11.6 Å². The molecule has 0 spiro atoms. The molecule has 0 aliphatic heterocycles. The minimum atomic E-state index is 0.581. The molecule has 0 unspecified atom stereocenters. The van der Waals surface area contributed by atoms with E-state index >= 15 is 0 Å². The van der Waals surface area contributed by atoms with Gasteiger partial charge in [-0.15, -0.1) is 0 Å². The molecule has 0 saturated carbocycles. The summed E-state index contributed by atoms with van der Waals surface area (Å²) in [5, 5.41) is 0.757. The summed E-state index contributed by atoms with van der Waals surface area (Å²) in [7, 11) is 0. The van der Waals surface area contributed by atoms with E-state index < -0.39 is 0 Å². The van der Waals surface area contributed by atoms with Gasteiger partial charge < -0.3 is 5.73 Å². The van der Waals surface area contributed by atoms with Gasteiger partial charge in [0.2, 0.25) is 0 Å². The predicted octanol–water partition coefficient (Wildman–Crippen LogP) is 5.26. The first-order chi connectivity index (χ1) is 14.2. The third kappa shape index (κ3) is 6.68. The Labute approximate surface area is 187 Å². The predicted molar refractivity (Wildman–Crippen MR) is 116 cm³/mol. The Morgan fingerprint density at radius 1 is 0.655 bits per heavy atom. The average molecular weight is 585 g/mol. The van der Waals surface area contributed by atoms with Crippen molar-refractivity contribution in [3.8, 4) is 0 Å². The van der Waals surface area contributed by atoms with Gasteiger partial charge in [-0.2, -0.15) is 0 Å². The van der Waals surface area contributed by atoms with E-state index in [1.54, 1.807) is 0 Å². The van der Waals surface area contributed by atoms with Gasteiger partial charge in [-0.25, -0.2) is 0 Å². The van der Waals surface area contributed by atoms with Gasteiger partial charge in [-0.3, -0.25) is 0 Å². The zero-order chi connectivity index (χ0) is 20.5. The molecule has 0 bridgehead atoms. The minimum absolute atomic E-state index is 0.581. The van der Waals surface area contributed by atoms with Crippen LogP contribution < -0.4 is 5.73 Å². The zero-order valence-electron chi connectivity index (χ0n) is 16.0. The normalized spacial score (nSPS) is 10.3. The van der Waals surface area contributed by atoms with Crippen molar-refractivity contribution in [2.75, 3.05) is 0 Å². The fourth-order valence-electron chi connectivity index (χ4n) is 2.85. The molecule has 0 fully saturated rings. The van der Waals surface area contributed by atoms with Crippen LogP contribution in [0.2, 0.25) is 5.02 Å². The summed E-state index contributed by atoms with van der Waals surface area (Å²) in [4.78, 5) is 0. The summed E-state index contributed by atoms with van der Waals surface area (Å²) in [6.07, 6.45) is 4.30. The Morgan fingerprint density at radius 2 is 1.10 bits per heavy atom. The average Bonchev–Trinajstić information content (AvgIpc) is 3.10. The Morgan fingerprint density at radius 3 is 1.52 bits per heavy atom. The number of hydrogen-bond donors (Lipinski definition) is 1. The second-order valence-electron chi connectivity index (χ2n) is 6.60. The van der Waals surface area contributed by atoms with E-state index in [1.807, 2.05) is 24.3 Å². The number of halogens is 1. The van der Waals surface area contributed by atoms with Crippen molar-refractivity contribution in [3.63, 3.8) is 0 Å². The summed E-state index contributed by atoms with van der Waals surface area (Å²) in [5.41, 5.74) is 9.12. The van der Waals surface area contributed by atoms with Crippen LogP contribution in [0.4, 0.5) is 0 Å². The summed E-state index contributed by atoms with van der Waals surface area (Å²) in [6, 6.07) is 28.6. The number of rotatable bonds is 5. The third-order valence-corrected chi connectivity index (χ3v) is 5.96. The summed E-state index contributed by atoms with van der Waals surface area (Å²) in [6.45, 7) is 2.42. The fourth-order valence-corrected chi connectivity index (χ4v) is 3.67.